The lowest BCUT2D eigenvalue weighted by Gasteiger charge is -2.43. The van der Waals surface area contributed by atoms with Gasteiger partial charge in [-0.05, 0) is 31.2 Å². The molecule has 152 valence electrons. The van der Waals surface area contributed by atoms with Crippen molar-refractivity contribution in [2.45, 2.75) is 25.3 Å². The number of carbonyl (C=O) groups is 2. The molecule has 3 saturated heterocycles. The number of aryl methyl sites for hydroxylation is 1. The number of morpholine rings is 1. The van der Waals surface area contributed by atoms with Crippen molar-refractivity contribution in [2.24, 2.45) is 5.92 Å². The molecule has 1 aromatic rings. The highest BCUT2D eigenvalue weighted by atomic mass is 32.2. The predicted molar refractivity (Wildman–Crippen MR) is 112 cm³/mol. The first-order valence-corrected chi connectivity index (χ1v) is 11.3. The van der Waals surface area contributed by atoms with Gasteiger partial charge in [0.25, 0.3) is 0 Å². The van der Waals surface area contributed by atoms with Gasteiger partial charge < -0.3 is 15.0 Å². The van der Waals surface area contributed by atoms with Crippen LogP contribution in [-0.4, -0.2) is 73.2 Å². The number of amides is 2. The third-order valence-electron chi connectivity index (χ3n) is 6.20. The highest BCUT2D eigenvalue weighted by Gasteiger charge is 2.42. The van der Waals surface area contributed by atoms with Gasteiger partial charge in [-0.3, -0.25) is 14.5 Å². The van der Waals surface area contributed by atoms with Gasteiger partial charge in [0.05, 0.1) is 19.1 Å². The van der Waals surface area contributed by atoms with E-state index in [1.807, 2.05) is 43.0 Å². The zero-order valence-corrected chi connectivity index (χ0v) is 17.3. The molecule has 3 aliphatic heterocycles. The Morgan fingerprint density at radius 1 is 1.29 bits per heavy atom. The van der Waals surface area contributed by atoms with Gasteiger partial charge in [-0.1, -0.05) is 17.7 Å². The van der Waals surface area contributed by atoms with E-state index in [9.17, 15) is 9.59 Å². The maximum atomic E-state index is 12.9. The van der Waals surface area contributed by atoms with Gasteiger partial charge >= 0.3 is 0 Å². The SMILES string of the molecule is Cc1ccc(N2CC(C(=O)NCC3(N4CCOCC4)CCSC3)CC2=O)cc1. The van der Waals surface area contributed by atoms with Crippen LogP contribution in [0.4, 0.5) is 5.69 Å². The second-order valence-corrected chi connectivity index (χ2v) is 9.19. The fourth-order valence-electron chi connectivity index (χ4n) is 4.39. The zero-order valence-electron chi connectivity index (χ0n) is 16.5. The number of anilines is 1. The Kier molecular flexibility index (Phi) is 5.94. The maximum Gasteiger partial charge on any atom is 0.227 e. The molecule has 3 fully saturated rings. The van der Waals surface area contributed by atoms with Gasteiger partial charge in [0.15, 0.2) is 0 Å². The van der Waals surface area contributed by atoms with Gasteiger partial charge in [-0.2, -0.15) is 11.8 Å². The van der Waals surface area contributed by atoms with Crippen LogP contribution in [0.1, 0.15) is 18.4 Å². The number of ether oxygens (including phenoxy) is 1. The molecule has 2 amide bonds. The van der Waals surface area contributed by atoms with Crippen LogP contribution in [0.25, 0.3) is 0 Å². The van der Waals surface area contributed by atoms with Gasteiger partial charge in [0.1, 0.15) is 0 Å². The molecule has 0 saturated carbocycles. The molecule has 7 heteroatoms. The second-order valence-electron chi connectivity index (χ2n) is 8.09. The van der Waals surface area contributed by atoms with Crippen LogP contribution in [0.5, 0.6) is 0 Å². The fraction of sp³-hybridized carbons (Fsp3) is 0.619. The molecule has 0 aromatic heterocycles. The molecule has 0 radical (unpaired) electrons. The van der Waals surface area contributed by atoms with Crippen LogP contribution in [-0.2, 0) is 14.3 Å². The third-order valence-corrected chi connectivity index (χ3v) is 7.43. The summed E-state index contributed by atoms with van der Waals surface area (Å²) in [5.74, 6) is 1.95. The topological polar surface area (TPSA) is 61.9 Å². The van der Waals surface area contributed by atoms with Crippen LogP contribution < -0.4 is 10.2 Å². The van der Waals surface area contributed by atoms with E-state index in [1.165, 1.54) is 0 Å². The zero-order chi connectivity index (χ0) is 19.6. The molecule has 0 spiro atoms. The summed E-state index contributed by atoms with van der Waals surface area (Å²) < 4.78 is 5.51. The molecule has 6 nitrogen and oxygen atoms in total. The van der Waals surface area contributed by atoms with E-state index in [2.05, 4.69) is 10.2 Å². The van der Waals surface area contributed by atoms with Crippen molar-refractivity contribution >= 4 is 29.3 Å². The molecule has 28 heavy (non-hydrogen) atoms. The van der Waals surface area contributed by atoms with E-state index >= 15 is 0 Å². The number of benzene rings is 1. The van der Waals surface area contributed by atoms with Gasteiger partial charge in [0, 0.05) is 49.6 Å². The van der Waals surface area contributed by atoms with Crippen LogP contribution in [0.15, 0.2) is 24.3 Å². The summed E-state index contributed by atoms with van der Waals surface area (Å²) in [5, 5.41) is 3.19. The lowest BCUT2D eigenvalue weighted by atomic mass is 9.95. The third kappa shape index (κ3) is 4.07. The Labute approximate surface area is 171 Å². The van der Waals surface area contributed by atoms with Gasteiger partial charge in [-0.25, -0.2) is 0 Å². The molecule has 4 rings (SSSR count). The molecule has 2 atom stereocenters. The molecule has 3 aliphatic rings. The van der Waals surface area contributed by atoms with Crippen LogP contribution in [0.3, 0.4) is 0 Å². The standard InChI is InChI=1S/C21H29N3O3S/c1-16-2-4-18(5-3-16)24-13-17(12-19(24)25)20(26)22-14-21(6-11-28-15-21)23-7-9-27-10-8-23/h2-5,17H,6-15H2,1H3,(H,22,26). The van der Waals surface area contributed by atoms with Crippen molar-refractivity contribution in [1.82, 2.24) is 10.2 Å². The summed E-state index contributed by atoms with van der Waals surface area (Å²) in [6, 6.07) is 7.91. The van der Waals surface area contributed by atoms with Crippen molar-refractivity contribution in [3.05, 3.63) is 29.8 Å². The number of carbonyl (C=O) groups excluding carboxylic acids is 2. The number of hydrogen-bond donors (Lipinski definition) is 1. The van der Waals surface area contributed by atoms with Crippen LogP contribution in [0.2, 0.25) is 0 Å². The smallest absolute Gasteiger partial charge is 0.227 e. The largest absolute Gasteiger partial charge is 0.379 e. The summed E-state index contributed by atoms with van der Waals surface area (Å²) in [6.07, 6.45) is 1.38. The Morgan fingerprint density at radius 3 is 2.71 bits per heavy atom. The van der Waals surface area contributed by atoms with E-state index in [0.29, 0.717) is 19.5 Å². The predicted octanol–water partition coefficient (Wildman–Crippen LogP) is 1.67. The van der Waals surface area contributed by atoms with E-state index in [-0.39, 0.29) is 23.3 Å². The minimum absolute atomic E-state index is 0.00694. The highest BCUT2D eigenvalue weighted by Crippen LogP contribution is 2.34. The van der Waals surface area contributed by atoms with Crippen molar-refractivity contribution in [1.29, 1.82) is 0 Å². The summed E-state index contributed by atoms with van der Waals surface area (Å²) in [5.41, 5.74) is 2.07. The molecule has 3 heterocycles. The van der Waals surface area contributed by atoms with Crippen LogP contribution in [0, 0.1) is 12.8 Å². The molecule has 0 bridgehead atoms. The number of thioether (sulfide) groups is 1. The summed E-state index contributed by atoms with van der Waals surface area (Å²) >= 11 is 1.96. The van der Waals surface area contributed by atoms with E-state index in [0.717, 1.165) is 55.5 Å². The average Bonchev–Trinajstić information content (AvgIpc) is 3.35. The Hall–Kier alpha value is -1.57. The lowest BCUT2D eigenvalue weighted by Crippen LogP contribution is -2.59. The number of rotatable bonds is 5. The monoisotopic (exact) mass is 403 g/mol. The van der Waals surface area contributed by atoms with E-state index in [1.54, 1.807) is 4.90 Å². The van der Waals surface area contributed by atoms with Crippen LogP contribution >= 0.6 is 11.8 Å². The quantitative estimate of drug-likeness (QED) is 0.810. The summed E-state index contributed by atoms with van der Waals surface area (Å²) in [6.45, 7) is 6.55. The average molecular weight is 404 g/mol. The molecule has 1 aromatic carbocycles. The van der Waals surface area contributed by atoms with Gasteiger partial charge in [-0.15, -0.1) is 0 Å². The lowest BCUT2D eigenvalue weighted by molar-refractivity contribution is -0.127. The van der Waals surface area contributed by atoms with E-state index < -0.39 is 0 Å². The van der Waals surface area contributed by atoms with Crippen molar-refractivity contribution < 1.29 is 14.3 Å². The Morgan fingerprint density at radius 2 is 2.04 bits per heavy atom. The fourth-order valence-corrected chi connectivity index (χ4v) is 5.87. The second kappa shape index (κ2) is 8.43. The van der Waals surface area contributed by atoms with Crippen molar-refractivity contribution in [3.63, 3.8) is 0 Å². The minimum atomic E-state index is -0.274. The first-order chi connectivity index (χ1) is 13.6. The highest BCUT2D eigenvalue weighted by molar-refractivity contribution is 7.99. The first kappa shape index (κ1) is 19.7. The summed E-state index contributed by atoms with van der Waals surface area (Å²) in [4.78, 5) is 29.6. The van der Waals surface area contributed by atoms with Gasteiger partial charge in [0.2, 0.25) is 11.8 Å². The molecular weight excluding hydrogens is 374 g/mol. The molecule has 2 unspecified atom stereocenters. The molecular formula is C21H29N3O3S. The maximum absolute atomic E-state index is 12.9. The number of nitrogens with zero attached hydrogens (tertiary/aromatic N) is 2. The normalized spacial score (nSPS) is 28.7. The van der Waals surface area contributed by atoms with Crippen molar-refractivity contribution in [2.75, 3.05) is 55.8 Å². The molecule has 0 aliphatic carbocycles. The van der Waals surface area contributed by atoms with Crippen molar-refractivity contribution in [3.8, 4) is 0 Å². The number of hydrogen-bond acceptors (Lipinski definition) is 5. The first-order valence-electron chi connectivity index (χ1n) is 10.1. The van der Waals surface area contributed by atoms with E-state index in [4.69, 9.17) is 4.74 Å². The summed E-state index contributed by atoms with van der Waals surface area (Å²) in [7, 11) is 0. The number of nitrogens with one attached hydrogen (secondary N) is 1. The minimum Gasteiger partial charge on any atom is -0.379 e. The Bertz CT molecular complexity index is 712. The Balaban J connectivity index is 1.37. The molecule has 1 N–H and O–H groups in total.